The molecule has 1 unspecified atom stereocenters. The van der Waals surface area contributed by atoms with Gasteiger partial charge in [-0.2, -0.15) is 0 Å². The Balaban J connectivity index is 2.05. The van der Waals surface area contributed by atoms with Crippen molar-refractivity contribution in [2.24, 2.45) is 11.8 Å². The normalized spacial score (nSPS) is 15.3. The standard InChI is InChI=1S/C16H19NO2/c1-11-10-15(8-7-13(11)4-3-9-18)17-16(19)12(2)14-5-6-14/h7-8,10,12,14,18H,5-6,9H2,1-2H3,(H,17,19). The highest BCUT2D eigenvalue weighted by molar-refractivity contribution is 5.92. The van der Waals surface area contributed by atoms with Gasteiger partial charge in [-0.05, 0) is 49.4 Å². The van der Waals surface area contributed by atoms with E-state index in [2.05, 4.69) is 17.2 Å². The SMILES string of the molecule is Cc1cc(NC(=O)C(C)C2CC2)ccc1C#CCO. The second kappa shape index (κ2) is 5.90. The predicted octanol–water partition coefficient (Wildman–Crippen LogP) is 2.32. The lowest BCUT2D eigenvalue weighted by Crippen LogP contribution is -2.21. The number of anilines is 1. The highest BCUT2D eigenvalue weighted by Gasteiger charge is 2.32. The quantitative estimate of drug-likeness (QED) is 0.816. The van der Waals surface area contributed by atoms with Crippen molar-refractivity contribution in [3.05, 3.63) is 29.3 Å². The summed E-state index contributed by atoms with van der Waals surface area (Å²) in [5.74, 6) is 6.26. The molecule has 1 aromatic carbocycles. The summed E-state index contributed by atoms with van der Waals surface area (Å²) in [6.07, 6.45) is 2.34. The van der Waals surface area contributed by atoms with E-state index in [0.29, 0.717) is 5.92 Å². The number of rotatable bonds is 3. The Morgan fingerprint density at radius 3 is 2.84 bits per heavy atom. The molecule has 1 aliphatic carbocycles. The van der Waals surface area contributed by atoms with E-state index in [0.717, 1.165) is 16.8 Å². The van der Waals surface area contributed by atoms with Gasteiger partial charge < -0.3 is 10.4 Å². The van der Waals surface area contributed by atoms with Crippen molar-refractivity contribution in [2.75, 3.05) is 11.9 Å². The zero-order valence-corrected chi connectivity index (χ0v) is 11.4. The van der Waals surface area contributed by atoms with Crippen LogP contribution in [-0.2, 0) is 4.79 Å². The van der Waals surface area contributed by atoms with E-state index in [4.69, 9.17) is 5.11 Å². The molecule has 19 heavy (non-hydrogen) atoms. The van der Waals surface area contributed by atoms with Crippen molar-refractivity contribution in [1.29, 1.82) is 0 Å². The second-order valence-corrected chi connectivity index (χ2v) is 5.10. The molecule has 1 aromatic rings. The van der Waals surface area contributed by atoms with E-state index < -0.39 is 0 Å². The first-order valence-corrected chi connectivity index (χ1v) is 6.63. The van der Waals surface area contributed by atoms with Gasteiger partial charge in [-0.25, -0.2) is 0 Å². The van der Waals surface area contributed by atoms with Crippen LogP contribution in [-0.4, -0.2) is 17.6 Å². The van der Waals surface area contributed by atoms with Crippen LogP contribution in [0.15, 0.2) is 18.2 Å². The maximum atomic E-state index is 12.0. The molecule has 0 aromatic heterocycles. The molecule has 2 rings (SSSR count). The van der Waals surface area contributed by atoms with Gasteiger partial charge in [0.2, 0.25) is 5.91 Å². The van der Waals surface area contributed by atoms with Gasteiger partial charge in [-0.1, -0.05) is 18.8 Å². The lowest BCUT2D eigenvalue weighted by molar-refractivity contribution is -0.119. The van der Waals surface area contributed by atoms with E-state index in [-0.39, 0.29) is 18.4 Å². The first-order chi connectivity index (χ1) is 9.11. The summed E-state index contributed by atoms with van der Waals surface area (Å²) in [5.41, 5.74) is 2.68. The maximum absolute atomic E-state index is 12.0. The van der Waals surface area contributed by atoms with Crippen molar-refractivity contribution in [2.45, 2.75) is 26.7 Å². The molecule has 1 aliphatic rings. The van der Waals surface area contributed by atoms with Crippen LogP contribution in [0.4, 0.5) is 5.69 Å². The van der Waals surface area contributed by atoms with E-state index >= 15 is 0 Å². The van der Waals surface area contributed by atoms with Crippen molar-refractivity contribution in [3.8, 4) is 11.8 Å². The molecule has 0 bridgehead atoms. The van der Waals surface area contributed by atoms with Crippen LogP contribution in [0.3, 0.4) is 0 Å². The number of hydrogen-bond donors (Lipinski definition) is 2. The van der Waals surface area contributed by atoms with Crippen LogP contribution < -0.4 is 5.32 Å². The van der Waals surface area contributed by atoms with E-state index in [1.165, 1.54) is 12.8 Å². The molecule has 1 saturated carbocycles. The minimum atomic E-state index is -0.142. The van der Waals surface area contributed by atoms with Crippen molar-refractivity contribution < 1.29 is 9.90 Å². The summed E-state index contributed by atoms with van der Waals surface area (Å²) in [5, 5.41) is 11.6. The molecule has 100 valence electrons. The Morgan fingerprint density at radius 1 is 1.53 bits per heavy atom. The maximum Gasteiger partial charge on any atom is 0.227 e. The Hall–Kier alpha value is -1.79. The fourth-order valence-electron chi connectivity index (χ4n) is 2.08. The number of carbonyl (C=O) groups is 1. The monoisotopic (exact) mass is 257 g/mol. The Morgan fingerprint density at radius 2 is 2.26 bits per heavy atom. The zero-order valence-electron chi connectivity index (χ0n) is 11.4. The third kappa shape index (κ3) is 3.59. The summed E-state index contributed by atoms with van der Waals surface area (Å²) in [6, 6.07) is 5.64. The fraction of sp³-hybridized carbons (Fsp3) is 0.438. The van der Waals surface area contributed by atoms with Gasteiger partial charge in [0.25, 0.3) is 0 Å². The highest BCUT2D eigenvalue weighted by Crippen LogP contribution is 2.37. The molecule has 2 N–H and O–H groups in total. The molecule has 0 heterocycles. The largest absolute Gasteiger partial charge is 0.384 e. The average Bonchev–Trinajstić information content (AvgIpc) is 3.21. The summed E-state index contributed by atoms with van der Waals surface area (Å²) in [4.78, 5) is 12.0. The molecule has 3 heteroatoms. The number of aryl methyl sites for hydroxylation is 1. The third-order valence-electron chi connectivity index (χ3n) is 3.54. The minimum absolute atomic E-state index is 0.0918. The summed E-state index contributed by atoms with van der Waals surface area (Å²) >= 11 is 0. The average molecular weight is 257 g/mol. The van der Waals surface area contributed by atoms with Crippen LogP contribution in [0.2, 0.25) is 0 Å². The molecule has 0 aliphatic heterocycles. The van der Waals surface area contributed by atoms with Crippen LogP contribution in [0, 0.1) is 30.6 Å². The summed E-state index contributed by atoms with van der Waals surface area (Å²) in [6.45, 7) is 3.79. The van der Waals surface area contributed by atoms with Crippen LogP contribution in [0.25, 0.3) is 0 Å². The lowest BCUT2D eigenvalue weighted by atomic mass is 10.0. The molecule has 0 radical (unpaired) electrons. The van der Waals surface area contributed by atoms with Gasteiger partial charge in [-0.3, -0.25) is 4.79 Å². The number of aliphatic hydroxyl groups excluding tert-OH is 1. The summed E-state index contributed by atoms with van der Waals surface area (Å²) < 4.78 is 0. The molecule has 0 spiro atoms. The first-order valence-electron chi connectivity index (χ1n) is 6.63. The lowest BCUT2D eigenvalue weighted by Gasteiger charge is -2.12. The van der Waals surface area contributed by atoms with Gasteiger partial charge in [0.15, 0.2) is 0 Å². The van der Waals surface area contributed by atoms with Crippen molar-refractivity contribution in [1.82, 2.24) is 0 Å². The number of benzene rings is 1. The third-order valence-corrected chi connectivity index (χ3v) is 3.54. The predicted molar refractivity (Wildman–Crippen MR) is 75.7 cm³/mol. The van der Waals surface area contributed by atoms with E-state index in [1.54, 1.807) is 0 Å². The van der Waals surface area contributed by atoms with Crippen LogP contribution in [0.1, 0.15) is 30.9 Å². The molecule has 1 fully saturated rings. The molecule has 1 amide bonds. The molecule has 1 atom stereocenters. The van der Waals surface area contributed by atoms with Gasteiger partial charge >= 0.3 is 0 Å². The van der Waals surface area contributed by atoms with Crippen LogP contribution >= 0.6 is 0 Å². The van der Waals surface area contributed by atoms with E-state index in [1.807, 2.05) is 32.0 Å². The first kappa shape index (κ1) is 13.6. The second-order valence-electron chi connectivity index (χ2n) is 5.10. The number of amides is 1. The van der Waals surface area contributed by atoms with Gasteiger partial charge in [0.05, 0.1) is 0 Å². The van der Waals surface area contributed by atoms with Crippen molar-refractivity contribution >= 4 is 11.6 Å². The molecule has 0 saturated heterocycles. The number of nitrogens with one attached hydrogen (secondary N) is 1. The number of hydrogen-bond acceptors (Lipinski definition) is 2. The summed E-state index contributed by atoms with van der Waals surface area (Å²) in [7, 11) is 0. The zero-order chi connectivity index (χ0) is 13.8. The fourth-order valence-corrected chi connectivity index (χ4v) is 2.08. The highest BCUT2D eigenvalue weighted by atomic mass is 16.2. The Labute approximate surface area is 114 Å². The van der Waals surface area contributed by atoms with Gasteiger partial charge in [0.1, 0.15) is 6.61 Å². The van der Waals surface area contributed by atoms with Crippen molar-refractivity contribution in [3.63, 3.8) is 0 Å². The topological polar surface area (TPSA) is 49.3 Å². The Bertz CT molecular complexity index is 535. The Kier molecular flexibility index (Phi) is 4.24. The van der Waals surface area contributed by atoms with E-state index in [9.17, 15) is 4.79 Å². The van der Waals surface area contributed by atoms with Gasteiger partial charge in [0, 0.05) is 17.2 Å². The van der Waals surface area contributed by atoms with Gasteiger partial charge in [-0.15, -0.1) is 0 Å². The molecule has 3 nitrogen and oxygen atoms in total. The molecular formula is C16H19NO2. The number of aliphatic hydroxyl groups is 1. The number of carbonyl (C=O) groups excluding carboxylic acids is 1. The minimum Gasteiger partial charge on any atom is -0.384 e. The smallest absolute Gasteiger partial charge is 0.227 e. The van der Waals surface area contributed by atoms with Crippen LogP contribution in [0.5, 0.6) is 0 Å². The molecular weight excluding hydrogens is 238 g/mol.